The average Bonchev–Trinajstić information content (AvgIpc) is 2.63. The summed E-state index contributed by atoms with van der Waals surface area (Å²) in [7, 11) is 0. The van der Waals surface area contributed by atoms with E-state index in [1.54, 1.807) is 42.5 Å². The fourth-order valence-corrected chi connectivity index (χ4v) is 2.94. The fourth-order valence-electron chi connectivity index (χ4n) is 2.34. The molecule has 1 atom stereocenters. The molecule has 1 unspecified atom stereocenters. The largest absolute Gasteiger partial charge is 0.449 e. The van der Waals surface area contributed by atoms with Gasteiger partial charge in [0, 0.05) is 10.4 Å². The van der Waals surface area contributed by atoms with Crippen LogP contribution in [0, 0.1) is 0 Å². The summed E-state index contributed by atoms with van der Waals surface area (Å²) >= 11 is 17.7. The zero-order chi connectivity index (χ0) is 19.6. The number of fused-ring (bicyclic) bond motifs is 1. The summed E-state index contributed by atoms with van der Waals surface area (Å²) in [6.07, 6.45) is -1.02. The van der Waals surface area contributed by atoms with Gasteiger partial charge >= 0.3 is 5.97 Å². The molecule has 5 nitrogen and oxygen atoms in total. The quantitative estimate of drug-likeness (QED) is 0.452. The van der Waals surface area contributed by atoms with Crippen LogP contribution in [-0.4, -0.2) is 23.0 Å². The molecule has 2 aromatic carbocycles. The Bertz CT molecular complexity index is 1040. The number of nitrogens with zero attached hydrogens (tertiary/aromatic N) is 1. The zero-order valence-corrected chi connectivity index (χ0v) is 16.3. The Morgan fingerprint density at radius 3 is 2.56 bits per heavy atom. The van der Waals surface area contributed by atoms with Crippen molar-refractivity contribution in [2.24, 2.45) is 0 Å². The van der Waals surface area contributed by atoms with Crippen LogP contribution in [0.4, 0.5) is 5.69 Å². The highest BCUT2D eigenvalue weighted by atomic mass is 35.5. The van der Waals surface area contributed by atoms with Crippen LogP contribution < -0.4 is 5.32 Å². The standard InChI is InChI=1S/C19H13Cl3N2O3/c1-10(18(25)24-16-6-4-13(20)9-14(16)21)27-19(26)12-2-5-15-11(8-12)3-7-17(22)23-15/h2-10H,1H3,(H,24,25). The molecule has 1 amide bonds. The summed E-state index contributed by atoms with van der Waals surface area (Å²) in [6, 6.07) is 12.9. The van der Waals surface area contributed by atoms with Crippen molar-refractivity contribution in [2.45, 2.75) is 13.0 Å². The van der Waals surface area contributed by atoms with Gasteiger partial charge in [0.15, 0.2) is 6.10 Å². The van der Waals surface area contributed by atoms with Crippen LogP contribution >= 0.6 is 34.8 Å². The fraction of sp³-hybridized carbons (Fsp3) is 0.105. The first-order valence-electron chi connectivity index (χ1n) is 7.87. The lowest BCUT2D eigenvalue weighted by Crippen LogP contribution is -2.30. The Labute approximate surface area is 170 Å². The van der Waals surface area contributed by atoms with Gasteiger partial charge in [0.05, 0.1) is 21.8 Å². The molecule has 27 heavy (non-hydrogen) atoms. The molecule has 0 aliphatic carbocycles. The normalized spacial score (nSPS) is 11.9. The Kier molecular flexibility index (Phi) is 5.85. The van der Waals surface area contributed by atoms with Gasteiger partial charge < -0.3 is 10.1 Å². The van der Waals surface area contributed by atoms with Crippen LogP contribution in [0.5, 0.6) is 0 Å². The molecule has 0 saturated heterocycles. The highest BCUT2D eigenvalue weighted by molar-refractivity contribution is 6.36. The first kappa shape index (κ1) is 19.4. The number of hydrogen-bond donors (Lipinski definition) is 1. The van der Waals surface area contributed by atoms with E-state index in [0.717, 1.165) is 5.39 Å². The van der Waals surface area contributed by atoms with E-state index < -0.39 is 18.0 Å². The number of amides is 1. The topological polar surface area (TPSA) is 68.3 Å². The third-order valence-electron chi connectivity index (χ3n) is 3.73. The van der Waals surface area contributed by atoms with Crippen LogP contribution in [0.15, 0.2) is 48.5 Å². The zero-order valence-electron chi connectivity index (χ0n) is 14.0. The molecule has 0 radical (unpaired) electrons. The van der Waals surface area contributed by atoms with Gasteiger partial charge in [0.1, 0.15) is 5.15 Å². The van der Waals surface area contributed by atoms with Gasteiger partial charge in [-0.2, -0.15) is 0 Å². The number of halogens is 3. The van der Waals surface area contributed by atoms with Crippen LogP contribution in [0.1, 0.15) is 17.3 Å². The van der Waals surface area contributed by atoms with Gasteiger partial charge in [-0.1, -0.05) is 34.8 Å². The number of ether oxygens (including phenoxy) is 1. The number of carbonyl (C=O) groups excluding carboxylic acids is 2. The molecule has 0 aliphatic heterocycles. The maximum absolute atomic E-state index is 12.3. The lowest BCUT2D eigenvalue weighted by Gasteiger charge is -2.14. The smallest absolute Gasteiger partial charge is 0.338 e. The molecule has 0 saturated carbocycles. The molecule has 1 heterocycles. The van der Waals surface area contributed by atoms with Crippen molar-refractivity contribution in [1.82, 2.24) is 4.98 Å². The molecule has 0 bridgehead atoms. The number of carbonyl (C=O) groups is 2. The molecule has 0 aliphatic rings. The molecule has 1 N–H and O–H groups in total. The van der Waals surface area contributed by atoms with E-state index in [9.17, 15) is 9.59 Å². The van der Waals surface area contributed by atoms with Crippen molar-refractivity contribution in [1.29, 1.82) is 0 Å². The van der Waals surface area contributed by atoms with Crippen LogP contribution in [0.25, 0.3) is 10.9 Å². The third kappa shape index (κ3) is 4.69. The minimum absolute atomic E-state index is 0.287. The summed E-state index contributed by atoms with van der Waals surface area (Å²) < 4.78 is 5.24. The number of anilines is 1. The predicted molar refractivity (Wildman–Crippen MR) is 107 cm³/mol. The first-order valence-corrected chi connectivity index (χ1v) is 9.00. The van der Waals surface area contributed by atoms with E-state index in [4.69, 9.17) is 39.5 Å². The number of hydrogen-bond acceptors (Lipinski definition) is 4. The molecule has 0 spiro atoms. The number of aromatic nitrogens is 1. The van der Waals surface area contributed by atoms with Gasteiger partial charge in [-0.05, 0) is 55.5 Å². The van der Waals surface area contributed by atoms with E-state index in [-0.39, 0.29) is 5.02 Å². The van der Waals surface area contributed by atoms with Crippen molar-refractivity contribution in [2.75, 3.05) is 5.32 Å². The summed E-state index contributed by atoms with van der Waals surface area (Å²) in [5.74, 6) is -1.14. The van der Waals surface area contributed by atoms with Gasteiger partial charge in [0.2, 0.25) is 0 Å². The summed E-state index contributed by atoms with van der Waals surface area (Å²) in [5, 5.41) is 4.43. The minimum Gasteiger partial charge on any atom is -0.449 e. The van der Waals surface area contributed by atoms with E-state index in [2.05, 4.69) is 10.3 Å². The molecular weight excluding hydrogens is 411 g/mol. The molecule has 3 rings (SSSR count). The van der Waals surface area contributed by atoms with Crippen LogP contribution in [0.3, 0.4) is 0 Å². The van der Waals surface area contributed by atoms with E-state index in [1.807, 2.05) is 0 Å². The lowest BCUT2D eigenvalue weighted by atomic mass is 10.1. The maximum atomic E-state index is 12.3. The second-order valence-corrected chi connectivity index (χ2v) is 6.93. The molecular formula is C19H13Cl3N2O3. The average molecular weight is 424 g/mol. The lowest BCUT2D eigenvalue weighted by molar-refractivity contribution is -0.123. The Morgan fingerprint density at radius 2 is 1.81 bits per heavy atom. The monoisotopic (exact) mass is 422 g/mol. The molecule has 1 aromatic heterocycles. The SMILES string of the molecule is CC(OC(=O)c1ccc2nc(Cl)ccc2c1)C(=O)Nc1ccc(Cl)cc1Cl. The number of benzene rings is 2. The van der Waals surface area contributed by atoms with Crippen molar-refractivity contribution in [3.05, 3.63) is 69.3 Å². The number of rotatable bonds is 4. The van der Waals surface area contributed by atoms with Crippen LogP contribution in [-0.2, 0) is 9.53 Å². The molecule has 8 heteroatoms. The summed E-state index contributed by atoms with van der Waals surface area (Å²) in [6.45, 7) is 1.47. The maximum Gasteiger partial charge on any atom is 0.338 e. The van der Waals surface area contributed by atoms with E-state index in [1.165, 1.54) is 13.0 Å². The van der Waals surface area contributed by atoms with Gasteiger partial charge in [-0.3, -0.25) is 4.79 Å². The second kappa shape index (κ2) is 8.13. The van der Waals surface area contributed by atoms with Gasteiger partial charge in [-0.25, -0.2) is 9.78 Å². The number of pyridine rings is 1. The Hall–Kier alpha value is -2.34. The van der Waals surface area contributed by atoms with Crippen molar-refractivity contribution >= 4 is 63.3 Å². The second-order valence-electron chi connectivity index (χ2n) is 5.70. The highest BCUT2D eigenvalue weighted by Crippen LogP contribution is 2.25. The molecule has 0 fully saturated rings. The van der Waals surface area contributed by atoms with Gasteiger partial charge in [-0.15, -0.1) is 0 Å². The molecule has 138 valence electrons. The third-order valence-corrected chi connectivity index (χ3v) is 4.49. The highest BCUT2D eigenvalue weighted by Gasteiger charge is 2.20. The Morgan fingerprint density at radius 1 is 1.04 bits per heavy atom. The van der Waals surface area contributed by atoms with Crippen molar-refractivity contribution in [3.63, 3.8) is 0 Å². The number of nitrogens with one attached hydrogen (secondary N) is 1. The summed E-state index contributed by atoms with van der Waals surface area (Å²) in [4.78, 5) is 28.8. The van der Waals surface area contributed by atoms with E-state index >= 15 is 0 Å². The Balaban J connectivity index is 1.69. The predicted octanol–water partition coefficient (Wildman–Crippen LogP) is 5.38. The van der Waals surface area contributed by atoms with Crippen molar-refractivity contribution in [3.8, 4) is 0 Å². The van der Waals surface area contributed by atoms with Crippen LogP contribution in [0.2, 0.25) is 15.2 Å². The van der Waals surface area contributed by atoms with Gasteiger partial charge in [0.25, 0.3) is 5.91 Å². The minimum atomic E-state index is -1.02. The molecule has 3 aromatic rings. The summed E-state index contributed by atoms with van der Waals surface area (Å²) in [5.41, 5.74) is 1.33. The van der Waals surface area contributed by atoms with E-state index in [0.29, 0.717) is 26.9 Å². The first-order chi connectivity index (χ1) is 12.8. The number of esters is 1. The van der Waals surface area contributed by atoms with Crippen molar-refractivity contribution < 1.29 is 14.3 Å².